The zero-order valence-electron chi connectivity index (χ0n) is 17.5. The lowest BCUT2D eigenvalue weighted by Gasteiger charge is -2.39. The van der Waals surface area contributed by atoms with E-state index in [-0.39, 0.29) is 23.6 Å². The van der Waals surface area contributed by atoms with Crippen LogP contribution in [-0.2, 0) is 0 Å². The molecule has 1 N–H and O–H groups in total. The van der Waals surface area contributed by atoms with Crippen molar-refractivity contribution in [3.63, 3.8) is 0 Å². The number of aryl methyl sites for hydroxylation is 1. The maximum Gasteiger partial charge on any atom is 0.276 e. The van der Waals surface area contributed by atoms with Crippen LogP contribution in [0, 0.1) is 6.92 Å². The molecule has 0 saturated carbocycles. The van der Waals surface area contributed by atoms with Crippen molar-refractivity contribution in [1.29, 1.82) is 0 Å². The van der Waals surface area contributed by atoms with Crippen molar-refractivity contribution in [2.45, 2.75) is 32.2 Å². The van der Waals surface area contributed by atoms with Crippen LogP contribution < -0.4 is 5.43 Å². The van der Waals surface area contributed by atoms with Gasteiger partial charge in [-0.05, 0) is 36.6 Å². The largest absolute Gasteiger partial charge is 0.502 e. The van der Waals surface area contributed by atoms with Gasteiger partial charge in [-0.3, -0.25) is 14.3 Å². The van der Waals surface area contributed by atoms with Crippen molar-refractivity contribution >= 4 is 17.5 Å². The second-order valence-electron chi connectivity index (χ2n) is 7.92. The number of carbonyl (C=O) groups excluding carboxylic acids is 1. The summed E-state index contributed by atoms with van der Waals surface area (Å²) in [7, 11) is 0. The number of benzene rings is 2. The summed E-state index contributed by atoms with van der Waals surface area (Å²) in [6.07, 6.45) is 1.83. The average Bonchev–Trinajstić information content (AvgIpc) is 2.74. The van der Waals surface area contributed by atoms with Gasteiger partial charge in [-0.15, -0.1) is 0 Å². The number of hydrogen-bond acceptors (Lipinski definition) is 4. The fourth-order valence-electron chi connectivity index (χ4n) is 4.35. The third-order valence-electron chi connectivity index (χ3n) is 5.68. The van der Waals surface area contributed by atoms with E-state index in [0.29, 0.717) is 18.1 Å². The Hall–Kier alpha value is -3.12. The predicted molar refractivity (Wildman–Crippen MR) is 120 cm³/mol. The summed E-state index contributed by atoms with van der Waals surface area (Å²) in [5.41, 5.74) is 2.41. The highest BCUT2D eigenvalue weighted by molar-refractivity contribution is 6.30. The molecule has 2 heterocycles. The predicted octanol–water partition coefficient (Wildman–Crippen LogP) is 4.15. The Morgan fingerprint density at radius 3 is 2.55 bits per heavy atom. The number of rotatable bonds is 5. The fourth-order valence-corrected chi connectivity index (χ4v) is 4.55. The molecule has 0 spiro atoms. The summed E-state index contributed by atoms with van der Waals surface area (Å²) < 4.78 is 1.51. The summed E-state index contributed by atoms with van der Waals surface area (Å²) in [5, 5.41) is 15.4. The summed E-state index contributed by atoms with van der Waals surface area (Å²) in [6.45, 7) is 4.94. The van der Waals surface area contributed by atoms with Gasteiger partial charge < -0.3 is 10.0 Å². The van der Waals surface area contributed by atoms with Gasteiger partial charge in [0.05, 0.1) is 12.2 Å². The van der Waals surface area contributed by atoms with Crippen LogP contribution in [0.1, 0.15) is 52.5 Å². The smallest absolute Gasteiger partial charge is 0.276 e. The van der Waals surface area contributed by atoms with Gasteiger partial charge in [0, 0.05) is 24.0 Å². The van der Waals surface area contributed by atoms with Crippen molar-refractivity contribution in [1.82, 2.24) is 14.7 Å². The molecule has 2 atom stereocenters. The van der Waals surface area contributed by atoms with Gasteiger partial charge in [-0.25, -0.2) is 0 Å². The summed E-state index contributed by atoms with van der Waals surface area (Å²) in [5.74, 6) is -1.13. The van der Waals surface area contributed by atoms with Gasteiger partial charge in [-0.2, -0.15) is 5.10 Å². The Kier molecular flexibility index (Phi) is 5.83. The molecule has 2 aromatic carbocycles. The molecular weight excluding hydrogens is 414 g/mol. The minimum atomic E-state index is -0.661. The zero-order chi connectivity index (χ0) is 22.1. The highest BCUT2D eigenvalue weighted by Crippen LogP contribution is 2.40. The Balaban J connectivity index is 1.96. The van der Waals surface area contributed by atoms with Crippen LogP contribution in [0.25, 0.3) is 0 Å². The molecule has 7 heteroatoms. The normalized spacial score (nSPS) is 16.8. The average molecular weight is 438 g/mol. The van der Waals surface area contributed by atoms with Crippen LogP contribution in [-0.4, -0.2) is 38.8 Å². The zero-order valence-corrected chi connectivity index (χ0v) is 18.2. The molecular formula is C24H24ClN3O3. The summed E-state index contributed by atoms with van der Waals surface area (Å²) in [4.78, 5) is 26.9. The SMILES string of the molecule is CCCN1CC(C(c2cccc(C)c2)c2cccc(Cl)c2)n2ncc(=O)c(O)c2C1=O. The minimum absolute atomic E-state index is 0.0584. The van der Waals surface area contributed by atoms with E-state index < -0.39 is 11.2 Å². The number of halogens is 1. The Morgan fingerprint density at radius 2 is 1.87 bits per heavy atom. The van der Waals surface area contributed by atoms with E-state index >= 15 is 0 Å². The third kappa shape index (κ3) is 3.95. The molecule has 3 aromatic rings. The number of amides is 1. The van der Waals surface area contributed by atoms with E-state index in [2.05, 4.69) is 11.2 Å². The first kappa shape index (κ1) is 21.1. The number of fused-ring (bicyclic) bond motifs is 1. The van der Waals surface area contributed by atoms with Crippen molar-refractivity contribution in [3.05, 3.63) is 92.4 Å². The number of hydrogen-bond donors (Lipinski definition) is 1. The van der Waals surface area contributed by atoms with E-state index in [4.69, 9.17) is 11.6 Å². The highest BCUT2D eigenvalue weighted by Gasteiger charge is 2.39. The van der Waals surface area contributed by atoms with Gasteiger partial charge in [0.1, 0.15) is 0 Å². The molecule has 0 fully saturated rings. The molecule has 1 aliphatic heterocycles. The third-order valence-corrected chi connectivity index (χ3v) is 5.92. The van der Waals surface area contributed by atoms with Crippen LogP contribution >= 0.6 is 11.6 Å². The van der Waals surface area contributed by atoms with Gasteiger partial charge in [0.15, 0.2) is 11.4 Å². The first-order valence-corrected chi connectivity index (χ1v) is 10.7. The van der Waals surface area contributed by atoms with Crippen LogP contribution in [0.15, 0.2) is 59.5 Å². The van der Waals surface area contributed by atoms with Gasteiger partial charge >= 0.3 is 0 Å². The van der Waals surface area contributed by atoms with Gasteiger partial charge in [0.2, 0.25) is 5.43 Å². The maximum atomic E-state index is 13.1. The summed E-state index contributed by atoms with van der Waals surface area (Å²) in [6, 6.07) is 15.5. The minimum Gasteiger partial charge on any atom is -0.502 e. The van der Waals surface area contributed by atoms with Crippen molar-refractivity contribution in [2.75, 3.05) is 13.1 Å². The van der Waals surface area contributed by atoms with E-state index in [0.717, 1.165) is 29.3 Å². The standard InChI is InChI=1S/C24H24ClN3O3/c1-3-10-27-14-19(28-22(24(27)31)23(30)20(29)13-26-28)21(16-7-4-6-15(2)11-16)17-8-5-9-18(25)12-17/h4-9,11-13,19,21,30H,3,10,14H2,1-2H3. The molecule has 31 heavy (non-hydrogen) atoms. The van der Waals surface area contributed by atoms with Crippen LogP contribution in [0.3, 0.4) is 0 Å². The van der Waals surface area contributed by atoms with Crippen molar-refractivity contribution in [2.24, 2.45) is 0 Å². The Labute approximate surface area is 185 Å². The number of aromatic nitrogens is 2. The quantitative estimate of drug-likeness (QED) is 0.650. The van der Waals surface area contributed by atoms with Crippen LogP contribution in [0.5, 0.6) is 5.75 Å². The topological polar surface area (TPSA) is 75.4 Å². The van der Waals surface area contributed by atoms with Crippen LogP contribution in [0.4, 0.5) is 0 Å². The Bertz CT molecular complexity index is 1150. The lowest BCUT2D eigenvalue weighted by atomic mass is 9.83. The fraction of sp³-hybridized carbons (Fsp3) is 0.292. The second-order valence-corrected chi connectivity index (χ2v) is 8.35. The molecule has 160 valence electrons. The van der Waals surface area contributed by atoms with Crippen LogP contribution in [0.2, 0.25) is 5.02 Å². The van der Waals surface area contributed by atoms with Gasteiger partial charge in [0.25, 0.3) is 5.91 Å². The van der Waals surface area contributed by atoms with E-state index in [1.807, 2.05) is 56.3 Å². The molecule has 1 aliphatic rings. The molecule has 2 unspecified atom stereocenters. The molecule has 6 nitrogen and oxygen atoms in total. The molecule has 1 amide bonds. The molecule has 4 rings (SSSR count). The van der Waals surface area contributed by atoms with E-state index in [1.165, 1.54) is 4.68 Å². The van der Waals surface area contributed by atoms with E-state index in [9.17, 15) is 14.7 Å². The van der Waals surface area contributed by atoms with Crippen molar-refractivity contribution < 1.29 is 9.90 Å². The van der Waals surface area contributed by atoms with E-state index in [1.54, 1.807) is 4.90 Å². The monoisotopic (exact) mass is 437 g/mol. The second kappa shape index (κ2) is 8.55. The molecule has 1 aromatic heterocycles. The highest BCUT2D eigenvalue weighted by atomic mass is 35.5. The molecule has 0 aliphatic carbocycles. The number of nitrogens with zero attached hydrogens (tertiary/aromatic N) is 3. The molecule has 0 saturated heterocycles. The Morgan fingerprint density at radius 1 is 1.16 bits per heavy atom. The van der Waals surface area contributed by atoms with Crippen molar-refractivity contribution in [3.8, 4) is 5.75 Å². The molecule has 0 bridgehead atoms. The lowest BCUT2D eigenvalue weighted by molar-refractivity contribution is 0.0634. The molecule has 0 radical (unpaired) electrons. The lowest BCUT2D eigenvalue weighted by Crippen LogP contribution is -2.47. The van der Waals surface area contributed by atoms with Gasteiger partial charge in [-0.1, -0.05) is 60.5 Å². The number of aromatic hydroxyl groups is 1. The number of carbonyl (C=O) groups is 1. The summed E-state index contributed by atoms with van der Waals surface area (Å²) >= 11 is 6.33. The first-order valence-electron chi connectivity index (χ1n) is 10.3. The maximum absolute atomic E-state index is 13.1. The first-order chi connectivity index (χ1) is 14.9.